The van der Waals surface area contributed by atoms with Gasteiger partial charge < -0.3 is 5.32 Å². The van der Waals surface area contributed by atoms with E-state index in [-0.39, 0.29) is 17.5 Å². The molecule has 1 heterocycles. The largest absolute Gasteiger partial charge is 0.308 e. The summed E-state index contributed by atoms with van der Waals surface area (Å²) in [6.07, 6.45) is 0. The van der Waals surface area contributed by atoms with Gasteiger partial charge in [-0.3, -0.25) is 9.89 Å². The SMILES string of the molecule is O=C(CS)Nc1cc(-c2ccc(F)cc2)[nH]n1. The lowest BCUT2D eigenvalue weighted by Crippen LogP contribution is -2.12. The number of rotatable bonds is 3. The molecule has 0 aliphatic heterocycles. The number of carbonyl (C=O) groups excluding carboxylic acids is 1. The van der Waals surface area contributed by atoms with Crippen molar-refractivity contribution in [2.75, 3.05) is 11.1 Å². The third kappa shape index (κ3) is 2.85. The zero-order valence-electron chi connectivity index (χ0n) is 8.77. The van der Waals surface area contributed by atoms with Crippen molar-refractivity contribution in [1.82, 2.24) is 10.2 Å². The zero-order valence-corrected chi connectivity index (χ0v) is 9.67. The first kappa shape index (κ1) is 11.7. The molecule has 0 fully saturated rings. The summed E-state index contributed by atoms with van der Waals surface area (Å²) in [5.74, 6) is -0.00983. The minimum atomic E-state index is -0.295. The maximum atomic E-state index is 12.7. The fraction of sp³-hybridized carbons (Fsp3) is 0.0909. The Kier molecular flexibility index (Phi) is 3.43. The van der Waals surface area contributed by atoms with E-state index in [9.17, 15) is 9.18 Å². The Morgan fingerprint density at radius 3 is 2.76 bits per heavy atom. The smallest absolute Gasteiger partial charge is 0.235 e. The lowest BCUT2D eigenvalue weighted by molar-refractivity contribution is -0.113. The number of amides is 1. The molecular weight excluding hydrogens is 241 g/mol. The van der Waals surface area contributed by atoms with Gasteiger partial charge in [-0.15, -0.1) is 0 Å². The number of anilines is 1. The first-order chi connectivity index (χ1) is 8.19. The molecule has 88 valence electrons. The number of aromatic amines is 1. The molecule has 0 unspecified atom stereocenters. The van der Waals surface area contributed by atoms with Crippen LogP contribution in [0.2, 0.25) is 0 Å². The minimum Gasteiger partial charge on any atom is -0.308 e. The summed E-state index contributed by atoms with van der Waals surface area (Å²) in [4.78, 5) is 11.1. The molecule has 17 heavy (non-hydrogen) atoms. The van der Waals surface area contributed by atoms with Crippen molar-refractivity contribution >= 4 is 24.4 Å². The molecule has 1 aromatic heterocycles. The van der Waals surface area contributed by atoms with Gasteiger partial charge in [0.2, 0.25) is 5.91 Å². The zero-order chi connectivity index (χ0) is 12.3. The van der Waals surface area contributed by atoms with Gasteiger partial charge in [0.05, 0.1) is 11.4 Å². The lowest BCUT2D eigenvalue weighted by atomic mass is 10.1. The number of hydrogen-bond acceptors (Lipinski definition) is 3. The van der Waals surface area contributed by atoms with E-state index in [1.165, 1.54) is 12.1 Å². The van der Waals surface area contributed by atoms with Crippen molar-refractivity contribution in [3.8, 4) is 11.3 Å². The van der Waals surface area contributed by atoms with Gasteiger partial charge in [0.15, 0.2) is 5.82 Å². The van der Waals surface area contributed by atoms with Gasteiger partial charge in [-0.25, -0.2) is 4.39 Å². The molecule has 0 aliphatic carbocycles. The summed E-state index contributed by atoms with van der Waals surface area (Å²) in [7, 11) is 0. The number of benzene rings is 1. The van der Waals surface area contributed by atoms with Crippen molar-refractivity contribution in [3.63, 3.8) is 0 Å². The molecule has 0 atom stereocenters. The molecule has 0 saturated carbocycles. The van der Waals surface area contributed by atoms with E-state index in [1.54, 1.807) is 18.2 Å². The molecule has 1 amide bonds. The predicted molar refractivity (Wildman–Crippen MR) is 66.5 cm³/mol. The van der Waals surface area contributed by atoms with Crippen LogP contribution in [0, 0.1) is 5.82 Å². The van der Waals surface area contributed by atoms with Crippen LogP contribution in [-0.4, -0.2) is 21.9 Å². The van der Waals surface area contributed by atoms with Gasteiger partial charge in [-0.05, 0) is 29.8 Å². The second-order valence-corrected chi connectivity index (χ2v) is 3.70. The molecule has 6 heteroatoms. The monoisotopic (exact) mass is 251 g/mol. The number of halogens is 1. The minimum absolute atomic E-state index is 0.0960. The summed E-state index contributed by atoms with van der Waals surface area (Å²) < 4.78 is 12.7. The fourth-order valence-corrected chi connectivity index (χ4v) is 1.42. The average Bonchev–Trinajstić information content (AvgIpc) is 2.78. The van der Waals surface area contributed by atoms with E-state index in [2.05, 4.69) is 28.1 Å². The van der Waals surface area contributed by atoms with Crippen LogP contribution in [0.5, 0.6) is 0 Å². The molecule has 4 nitrogen and oxygen atoms in total. The number of carbonyl (C=O) groups is 1. The highest BCUT2D eigenvalue weighted by atomic mass is 32.1. The molecule has 0 bridgehead atoms. The molecule has 2 N–H and O–H groups in total. The number of nitrogens with zero attached hydrogens (tertiary/aromatic N) is 1. The number of hydrogen-bond donors (Lipinski definition) is 3. The van der Waals surface area contributed by atoms with Gasteiger partial charge in [0, 0.05) is 6.07 Å². The normalized spacial score (nSPS) is 10.2. The van der Waals surface area contributed by atoms with Crippen LogP contribution >= 0.6 is 12.6 Å². The molecule has 0 aliphatic rings. The number of H-pyrrole nitrogens is 1. The van der Waals surface area contributed by atoms with Crippen molar-refractivity contribution in [2.45, 2.75) is 0 Å². The Balaban J connectivity index is 2.18. The van der Waals surface area contributed by atoms with Crippen LogP contribution in [0.15, 0.2) is 30.3 Å². The van der Waals surface area contributed by atoms with Crippen molar-refractivity contribution in [2.24, 2.45) is 0 Å². The van der Waals surface area contributed by atoms with Gasteiger partial charge in [0.1, 0.15) is 5.82 Å². The van der Waals surface area contributed by atoms with E-state index in [4.69, 9.17) is 0 Å². The third-order valence-electron chi connectivity index (χ3n) is 2.14. The lowest BCUT2D eigenvalue weighted by Gasteiger charge is -1.96. The topological polar surface area (TPSA) is 57.8 Å². The van der Waals surface area contributed by atoms with Gasteiger partial charge in [0.25, 0.3) is 0 Å². The molecule has 0 radical (unpaired) electrons. The van der Waals surface area contributed by atoms with Crippen LogP contribution in [0.3, 0.4) is 0 Å². The van der Waals surface area contributed by atoms with Crippen LogP contribution in [0.4, 0.5) is 10.2 Å². The predicted octanol–water partition coefficient (Wildman–Crippen LogP) is 2.08. The van der Waals surface area contributed by atoms with E-state index in [0.717, 1.165) is 5.56 Å². The third-order valence-corrected chi connectivity index (χ3v) is 2.43. The summed E-state index contributed by atoms with van der Waals surface area (Å²) >= 11 is 3.84. The Labute approximate surface area is 103 Å². The number of thiol groups is 1. The number of aromatic nitrogens is 2. The molecule has 0 spiro atoms. The van der Waals surface area contributed by atoms with Crippen LogP contribution < -0.4 is 5.32 Å². The standard InChI is InChI=1S/C11H10FN3OS/c12-8-3-1-7(2-4-8)9-5-10(15-14-9)13-11(16)6-17/h1-5,17H,6H2,(H2,13,14,15,16). The van der Waals surface area contributed by atoms with Crippen molar-refractivity contribution in [3.05, 3.63) is 36.1 Å². The molecule has 1 aromatic carbocycles. The van der Waals surface area contributed by atoms with E-state index in [1.807, 2.05) is 0 Å². The first-order valence-electron chi connectivity index (χ1n) is 4.91. The van der Waals surface area contributed by atoms with Crippen LogP contribution in [-0.2, 0) is 4.79 Å². The second kappa shape index (κ2) is 5.01. The van der Waals surface area contributed by atoms with Gasteiger partial charge in [-0.2, -0.15) is 17.7 Å². The Hall–Kier alpha value is -1.82. The summed E-state index contributed by atoms with van der Waals surface area (Å²) in [5.41, 5.74) is 1.50. The second-order valence-electron chi connectivity index (χ2n) is 3.38. The average molecular weight is 251 g/mol. The van der Waals surface area contributed by atoms with E-state index >= 15 is 0 Å². The Bertz CT molecular complexity index is 524. The maximum Gasteiger partial charge on any atom is 0.235 e. The summed E-state index contributed by atoms with van der Waals surface area (Å²) in [6, 6.07) is 7.67. The Morgan fingerprint density at radius 1 is 1.41 bits per heavy atom. The van der Waals surface area contributed by atoms with Crippen molar-refractivity contribution < 1.29 is 9.18 Å². The van der Waals surface area contributed by atoms with Crippen LogP contribution in [0.25, 0.3) is 11.3 Å². The Morgan fingerprint density at radius 2 is 2.12 bits per heavy atom. The maximum absolute atomic E-state index is 12.7. The first-order valence-corrected chi connectivity index (χ1v) is 5.54. The van der Waals surface area contributed by atoms with Gasteiger partial charge in [-0.1, -0.05) is 0 Å². The molecule has 2 aromatic rings. The molecule has 0 saturated heterocycles. The summed E-state index contributed by atoms with van der Waals surface area (Å²) in [6.45, 7) is 0. The van der Waals surface area contributed by atoms with Crippen molar-refractivity contribution in [1.29, 1.82) is 0 Å². The highest BCUT2D eigenvalue weighted by molar-refractivity contribution is 7.81. The highest BCUT2D eigenvalue weighted by Gasteiger charge is 2.06. The fourth-order valence-electron chi connectivity index (χ4n) is 1.35. The number of nitrogens with one attached hydrogen (secondary N) is 2. The summed E-state index contributed by atoms with van der Waals surface area (Å²) in [5, 5.41) is 9.24. The molecule has 2 rings (SSSR count). The quantitative estimate of drug-likeness (QED) is 0.731. The van der Waals surface area contributed by atoms with E-state index in [0.29, 0.717) is 11.5 Å². The van der Waals surface area contributed by atoms with E-state index < -0.39 is 0 Å². The molecular formula is C11H10FN3OS. The van der Waals surface area contributed by atoms with Gasteiger partial charge >= 0.3 is 0 Å². The van der Waals surface area contributed by atoms with Crippen LogP contribution in [0.1, 0.15) is 0 Å². The highest BCUT2D eigenvalue weighted by Crippen LogP contribution is 2.19.